The molecule has 4 unspecified atom stereocenters. The van der Waals surface area contributed by atoms with Gasteiger partial charge in [-0.05, 0) is 0 Å². The van der Waals surface area contributed by atoms with Crippen LogP contribution < -0.4 is 16.8 Å². The first-order chi connectivity index (χ1) is 8.93. The van der Waals surface area contributed by atoms with Gasteiger partial charge in [0.2, 0.25) is 5.95 Å². The lowest BCUT2D eigenvalue weighted by atomic mass is 10.1. The summed E-state index contributed by atoms with van der Waals surface area (Å²) < 4.78 is 5.43. The van der Waals surface area contributed by atoms with Crippen molar-refractivity contribution < 1.29 is 20.1 Å². The van der Waals surface area contributed by atoms with Crippen LogP contribution in [0.25, 0.3) is 0 Å². The lowest BCUT2D eigenvalue weighted by Gasteiger charge is -2.18. The summed E-state index contributed by atoms with van der Waals surface area (Å²) in [6.45, 7) is -0.420. The number of nitrogens with two attached hydrogens (primary N) is 2. The molecule has 9 nitrogen and oxygen atoms in total. The highest BCUT2D eigenvalue weighted by Crippen LogP contribution is 2.25. The molecule has 0 amide bonds. The summed E-state index contributed by atoms with van der Waals surface area (Å²) >= 11 is 4.93. The third kappa shape index (κ3) is 2.62. The molecule has 1 fully saturated rings. The van der Waals surface area contributed by atoms with Gasteiger partial charge in [-0.1, -0.05) is 12.2 Å². The smallest absolute Gasteiger partial charge is 0.200 e. The number of nitrogens with zero attached hydrogens (tertiary/aromatic N) is 1. The fraction of sp³-hybridized carbons (Fsp3) is 0.556. The molecular formula is C9H15N5O4S. The molecule has 2 rings (SSSR count). The van der Waals surface area contributed by atoms with E-state index in [4.69, 9.17) is 33.5 Å². The number of hydrogen-bond donors (Lipinski definition) is 7. The molecule has 1 aromatic rings. The van der Waals surface area contributed by atoms with Crippen LogP contribution in [-0.4, -0.2) is 56.4 Å². The third-order valence-electron chi connectivity index (χ3n) is 2.79. The van der Waals surface area contributed by atoms with Gasteiger partial charge < -0.3 is 41.8 Å². The van der Waals surface area contributed by atoms with Crippen LogP contribution in [0.1, 0.15) is 0 Å². The van der Waals surface area contributed by atoms with E-state index in [1.54, 1.807) is 0 Å². The molecule has 9 N–H and O–H groups in total. The zero-order chi connectivity index (χ0) is 14.2. The summed E-state index contributed by atoms with van der Waals surface area (Å²) in [6, 6.07) is 0. The van der Waals surface area contributed by atoms with Crippen molar-refractivity contribution in [3.05, 3.63) is 4.64 Å². The molecule has 2 heterocycles. The van der Waals surface area contributed by atoms with Crippen LogP contribution in [0.15, 0.2) is 0 Å². The van der Waals surface area contributed by atoms with E-state index in [1.807, 2.05) is 0 Å². The monoisotopic (exact) mass is 289 g/mol. The molecule has 0 saturated carbocycles. The first-order valence-electron chi connectivity index (χ1n) is 5.48. The van der Waals surface area contributed by atoms with Crippen LogP contribution in [0.4, 0.5) is 17.5 Å². The number of anilines is 3. The minimum atomic E-state index is -1.24. The first kappa shape index (κ1) is 14.0. The van der Waals surface area contributed by atoms with Crippen molar-refractivity contribution >= 4 is 29.7 Å². The molecular weight excluding hydrogens is 274 g/mol. The molecule has 0 aliphatic carbocycles. The average Bonchev–Trinajstić information content (AvgIpc) is 2.63. The minimum Gasteiger partial charge on any atom is -0.394 e. The van der Waals surface area contributed by atoms with Crippen molar-refractivity contribution in [1.29, 1.82) is 0 Å². The molecule has 4 atom stereocenters. The van der Waals surface area contributed by atoms with Gasteiger partial charge in [0, 0.05) is 0 Å². The van der Waals surface area contributed by atoms with E-state index in [0.29, 0.717) is 0 Å². The highest BCUT2D eigenvalue weighted by Gasteiger charge is 2.42. The zero-order valence-electron chi connectivity index (χ0n) is 9.78. The maximum absolute atomic E-state index is 9.77. The van der Waals surface area contributed by atoms with E-state index < -0.39 is 31.1 Å². The number of aromatic nitrogens is 2. The van der Waals surface area contributed by atoms with Crippen molar-refractivity contribution in [2.24, 2.45) is 0 Å². The lowest BCUT2D eigenvalue weighted by molar-refractivity contribution is -0.0153. The van der Waals surface area contributed by atoms with Crippen molar-refractivity contribution in [2.75, 3.05) is 23.4 Å². The molecule has 0 aromatic carbocycles. The van der Waals surface area contributed by atoms with Crippen LogP contribution in [0, 0.1) is 4.64 Å². The predicted molar refractivity (Wildman–Crippen MR) is 69.6 cm³/mol. The van der Waals surface area contributed by atoms with E-state index in [9.17, 15) is 10.2 Å². The van der Waals surface area contributed by atoms with Gasteiger partial charge >= 0.3 is 0 Å². The molecule has 10 heteroatoms. The number of rotatable bonds is 3. The van der Waals surface area contributed by atoms with Crippen molar-refractivity contribution in [3.63, 3.8) is 0 Å². The largest absolute Gasteiger partial charge is 0.394 e. The first-order valence-corrected chi connectivity index (χ1v) is 5.89. The van der Waals surface area contributed by atoms with Gasteiger partial charge in [0.15, 0.2) is 12.0 Å². The maximum Gasteiger partial charge on any atom is 0.200 e. The Hall–Kier alpha value is -1.46. The summed E-state index contributed by atoms with van der Waals surface area (Å²) in [7, 11) is 0. The van der Waals surface area contributed by atoms with Gasteiger partial charge in [-0.3, -0.25) is 0 Å². The van der Waals surface area contributed by atoms with Gasteiger partial charge in [0.25, 0.3) is 0 Å². The number of hydrogen-bond acceptors (Lipinski definition) is 9. The second-order valence-electron chi connectivity index (χ2n) is 4.12. The van der Waals surface area contributed by atoms with Crippen LogP contribution in [0.3, 0.4) is 0 Å². The average molecular weight is 289 g/mol. The molecule has 0 bridgehead atoms. The Balaban J connectivity index is 2.21. The fourth-order valence-electron chi connectivity index (χ4n) is 1.76. The highest BCUT2D eigenvalue weighted by atomic mass is 32.1. The molecule has 1 aromatic heterocycles. The Kier molecular flexibility index (Phi) is 3.87. The van der Waals surface area contributed by atoms with E-state index >= 15 is 0 Å². The SMILES string of the molecule is Nc1nc(NC2OC(CO)C(O)C2O)c(N)c(=S)[nH]1. The summed E-state index contributed by atoms with van der Waals surface area (Å²) in [4.78, 5) is 6.46. The number of aromatic amines is 1. The quantitative estimate of drug-likeness (QED) is 0.317. The molecule has 1 saturated heterocycles. The van der Waals surface area contributed by atoms with E-state index in [0.717, 1.165) is 0 Å². The molecule has 0 radical (unpaired) electrons. The number of nitrogen functional groups attached to an aromatic ring is 2. The van der Waals surface area contributed by atoms with Crippen LogP contribution in [0.5, 0.6) is 0 Å². The zero-order valence-corrected chi connectivity index (χ0v) is 10.6. The van der Waals surface area contributed by atoms with Gasteiger partial charge in [-0.2, -0.15) is 4.98 Å². The molecule has 1 aliphatic rings. The predicted octanol–water partition coefficient (Wildman–Crippen LogP) is -1.85. The number of aliphatic hydroxyl groups is 3. The topological polar surface area (TPSA) is 163 Å². The Morgan fingerprint density at radius 2 is 2.05 bits per heavy atom. The lowest BCUT2D eigenvalue weighted by Crippen LogP contribution is -2.36. The summed E-state index contributed by atoms with van der Waals surface area (Å²) in [5.74, 6) is 0.185. The highest BCUT2D eigenvalue weighted by molar-refractivity contribution is 7.71. The molecule has 19 heavy (non-hydrogen) atoms. The number of ether oxygens (including phenoxy) is 1. The normalized spacial score (nSPS) is 30.5. The van der Waals surface area contributed by atoms with Crippen LogP contribution in [0.2, 0.25) is 0 Å². The second-order valence-corrected chi connectivity index (χ2v) is 4.52. The van der Waals surface area contributed by atoms with Gasteiger partial charge in [-0.15, -0.1) is 0 Å². The number of aliphatic hydroxyl groups excluding tert-OH is 3. The van der Waals surface area contributed by atoms with E-state index in [2.05, 4.69) is 15.3 Å². The Morgan fingerprint density at radius 1 is 1.37 bits per heavy atom. The van der Waals surface area contributed by atoms with Crippen molar-refractivity contribution in [1.82, 2.24) is 9.97 Å². The van der Waals surface area contributed by atoms with Gasteiger partial charge in [0.1, 0.15) is 28.6 Å². The van der Waals surface area contributed by atoms with Crippen molar-refractivity contribution in [2.45, 2.75) is 24.5 Å². The molecule has 1 aliphatic heterocycles. The second kappa shape index (κ2) is 5.27. The van der Waals surface area contributed by atoms with Crippen LogP contribution >= 0.6 is 12.2 Å². The molecule has 0 spiro atoms. The van der Waals surface area contributed by atoms with Crippen LogP contribution in [-0.2, 0) is 4.74 Å². The van der Waals surface area contributed by atoms with Gasteiger partial charge in [0.05, 0.1) is 6.61 Å². The van der Waals surface area contributed by atoms with E-state index in [-0.39, 0.29) is 22.1 Å². The Bertz CT molecular complexity index is 524. The molecule has 106 valence electrons. The fourth-order valence-corrected chi connectivity index (χ4v) is 1.96. The number of H-pyrrole nitrogens is 1. The van der Waals surface area contributed by atoms with Crippen molar-refractivity contribution in [3.8, 4) is 0 Å². The standard InChI is InChI=1S/C9H15N5O4S/c10-3-6(13-9(11)14-8(3)19)12-7-5(17)4(16)2(1-15)18-7/h2,4-5,7,15-17H,1,10H2,(H4,11,12,13,14,19). The Labute approximate surface area is 113 Å². The third-order valence-corrected chi connectivity index (χ3v) is 3.12. The summed E-state index contributed by atoms with van der Waals surface area (Å²) in [5.41, 5.74) is 11.3. The summed E-state index contributed by atoms with van der Waals surface area (Å²) in [5, 5.41) is 31.0. The minimum absolute atomic E-state index is 0.0495. The summed E-state index contributed by atoms with van der Waals surface area (Å²) in [6.07, 6.45) is -4.31. The van der Waals surface area contributed by atoms with E-state index in [1.165, 1.54) is 0 Å². The number of nitrogens with one attached hydrogen (secondary N) is 2. The van der Waals surface area contributed by atoms with Gasteiger partial charge in [-0.25, -0.2) is 0 Å². The Morgan fingerprint density at radius 3 is 2.63 bits per heavy atom. The maximum atomic E-state index is 9.77.